The molecule has 1 aromatic rings. The van der Waals surface area contributed by atoms with E-state index >= 15 is 0 Å². The van der Waals surface area contributed by atoms with Crippen molar-refractivity contribution in [1.82, 2.24) is 4.90 Å². The van der Waals surface area contributed by atoms with Crippen molar-refractivity contribution in [2.24, 2.45) is 5.92 Å². The number of aryl methyl sites for hydroxylation is 1. The maximum atomic E-state index is 6.47. The Morgan fingerprint density at radius 1 is 1.35 bits per heavy atom. The van der Waals surface area contributed by atoms with E-state index in [1.165, 1.54) is 30.7 Å². The molecule has 2 bridgehead atoms. The van der Waals surface area contributed by atoms with Gasteiger partial charge < -0.3 is 9.64 Å². The molecular formula is C18H21NO. The van der Waals surface area contributed by atoms with Gasteiger partial charge in [-0.3, -0.25) is 0 Å². The molecule has 1 aromatic carbocycles. The van der Waals surface area contributed by atoms with E-state index in [-0.39, 0.29) is 5.41 Å². The standard InChI is InChI=1S/C18H21NO/c1-11-6-7-12-10-14-13-4-3-5-15-18(13,8-9-19(14)2)16(12)17(11)20-15/h3-4,6-7,13-15H,5,8-10H2,1-2H3. The van der Waals surface area contributed by atoms with Crippen molar-refractivity contribution in [1.29, 1.82) is 0 Å². The number of hydrogen-bond donors (Lipinski definition) is 0. The first-order chi connectivity index (χ1) is 9.72. The zero-order valence-corrected chi connectivity index (χ0v) is 12.2. The van der Waals surface area contributed by atoms with E-state index < -0.39 is 0 Å². The average Bonchev–Trinajstić information content (AvgIpc) is 2.79. The largest absolute Gasteiger partial charge is 0.489 e. The van der Waals surface area contributed by atoms with E-state index in [9.17, 15) is 0 Å². The van der Waals surface area contributed by atoms with Gasteiger partial charge in [0.2, 0.25) is 0 Å². The molecule has 20 heavy (non-hydrogen) atoms. The van der Waals surface area contributed by atoms with Crippen LogP contribution in [0.3, 0.4) is 0 Å². The predicted octanol–water partition coefficient (Wildman–Crippen LogP) is 2.83. The van der Waals surface area contributed by atoms with Gasteiger partial charge in [-0.05, 0) is 44.5 Å². The molecule has 1 spiro atoms. The predicted molar refractivity (Wildman–Crippen MR) is 79.3 cm³/mol. The van der Waals surface area contributed by atoms with Crippen molar-refractivity contribution in [2.45, 2.75) is 43.7 Å². The first kappa shape index (κ1) is 11.4. The number of likely N-dealkylation sites (tertiary alicyclic amines) is 1. The maximum Gasteiger partial charge on any atom is 0.126 e. The smallest absolute Gasteiger partial charge is 0.126 e. The number of benzene rings is 1. The summed E-state index contributed by atoms with van der Waals surface area (Å²) in [7, 11) is 2.30. The summed E-state index contributed by atoms with van der Waals surface area (Å²) in [5.41, 5.74) is 4.74. The summed E-state index contributed by atoms with van der Waals surface area (Å²) in [5, 5.41) is 0. The molecular weight excluding hydrogens is 246 g/mol. The van der Waals surface area contributed by atoms with Gasteiger partial charge in [-0.1, -0.05) is 24.3 Å². The number of piperidine rings is 1. The molecule has 0 radical (unpaired) electrons. The quantitative estimate of drug-likeness (QED) is 0.670. The average molecular weight is 267 g/mol. The first-order valence-electron chi connectivity index (χ1n) is 7.88. The van der Waals surface area contributed by atoms with E-state index in [0.717, 1.165) is 6.42 Å². The van der Waals surface area contributed by atoms with E-state index in [1.54, 1.807) is 11.1 Å². The van der Waals surface area contributed by atoms with Crippen LogP contribution in [0.15, 0.2) is 24.3 Å². The number of ether oxygens (including phenoxy) is 1. The monoisotopic (exact) mass is 267 g/mol. The second-order valence-electron chi connectivity index (χ2n) is 7.08. The SMILES string of the molecule is Cc1ccc2c3c1OC1CC=CC4C(C2)N(C)CCC314. The highest BCUT2D eigenvalue weighted by atomic mass is 16.5. The third-order valence-electron chi connectivity index (χ3n) is 6.32. The third kappa shape index (κ3) is 1.08. The molecule has 1 saturated heterocycles. The molecule has 0 N–H and O–H groups in total. The lowest BCUT2D eigenvalue weighted by molar-refractivity contribution is 0.00214. The Balaban J connectivity index is 1.84. The van der Waals surface area contributed by atoms with Gasteiger partial charge in [0.25, 0.3) is 0 Å². The first-order valence-corrected chi connectivity index (χ1v) is 7.88. The van der Waals surface area contributed by atoms with Gasteiger partial charge in [0.15, 0.2) is 0 Å². The molecule has 2 aliphatic carbocycles. The zero-order valence-electron chi connectivity index (χ0n) is 12.2. The van der Waals surface area contributed by atoms with Crippen molar-refractivity contribution in [3.63, 3.8) is 0 Å². The second kappa shape index (κ2) is 3.48. The van der Waals surface area contributed by atoms with Crippen molar-refractivity contribution < 1.29 is 4.74 Å². The molecule has 4 aliphatic rings. The minimum absolute atomic E-state index is 0.279. The Labute approximate surface area is 120 Å². The molecule has 4 atom stereocenters. The Morgan fingerprint density at radius 2 is 2.25 bits per heavy atom. The van der Waals surface area contributed by atoms with Crippen LogP contribution in [0.2, 0.25) is 0 Å². The minimum Gasteiger partial charge on any atom is -0.489 e. The number of rotatable bonds is 0. The minimum atomic E-state index is 0.279. The van der Waals surface area contributed by atoms with E-state index in [1.807, 2.05) is 0 Å². The van der Waals surface area contributed by atoms with Gasteiger partial charge in [-0.25, -0.2) is 0 Å². The van der Waals surface area contributed by atoms with Gasteiger partial charge >= 0.3 is 0 Å². The Bertz CT molecular complexity index is 635. The van der Waals surface area contributed by atoms with E-state index in [0.29, 0.717) is 18.1 Å². The maximum absolute atomic E-state index is 6.47. The molecule has 0 saturated carbocycles. The normalized spacial score (nSPS) is 40.4. The van der Waals surface area contributed by atoms with Crippen molar-refractivity contribution in [3.05, 3.63) is 41.0 Å². The zero-order chi connectivity index (χ0) is 13.5. The van der Waals surface area contributed by atoms with Gasteiger partial charge in [-0.2, -0.15) is 0 Å². The molecule has 0 amide bonds. The van der Waals surface area contributed by atoms with Crippen molar-refractivity contribution >= 4 is 0 Å². The van der Waals surface area contributed by atoms with Gasteiger partial charge in [0, 0.05) is 29.4 Å². The van der Waals surface area contributed by atoms with Crippen molar-refractivity contribution in [2.75, 3.05) is 13.6 Å². The van der Waals surface area contributed by atoms with Gasteiger partial charge in [0.1, 0.15) is 11.9 Å². The fourth-order valence-corrected chi connectivity index (χ4v) is 5.36. The molecule has 5 rings (SSSR count). The lowest BCUT2D eigenvalue weighted by Gasteiger charge is -2.55. The van der Waals surface area contributed by atoms with Crippen LogP contribution in [0.1, 0.15) is 29.5 Å². The van der Waals surface area contributed by atoms with Crippen molar-refractivity contribution in [3.8, 4) is 5.75 Å². The molecule has 4 unspecified atom stereocenters. The van der Waals surface area contributed by atoms with E-state index in [4.69, 9.17) is 4.74 Å². The molecule has 2 heteroatoms. The summed E-state index contributed by atoms with van der Waals surface area (Å²) in [4.78, 5) is 2.57. The van der Waals surface area contributed by atoms with Gasteiger partial charge in [0.05, 0.1) is 0 Å². The van der Waals surface area contributed by atoms with Crippen LogP contribution in [0.4, 0.5) is 0 Å². The highest BCUT2D eigenvalue weighted by Crippen LogP contribution is 2.61. The fourth-order valence-electron chi connectivity index (χ4n) is 5.36. The van der Waals surface area contributed by atoms with Crippen LogP contribution < -0.4 is 4.74 Å². The highest BCUT2D eigenvalue weighted by Gasteiger charge is 2.61. The van der Waals surface area contributed by atoms with Crippen LogP contribution in [0.5, 0.6) is 5.75 Å². The van der Waals surface area contributed by atoms with Crippen LogP contribution >= 0.6 is 0 Å². The summed E-state index contributed by atoms with van der Waals surface area (Å²) >= 11 is 0. The lowest BCUT2D eigenvalue weighted by Crippen LogP contribution is -2.62. The van der Waals surface area contributed by atoms with Crippen LogP contribution in [0.25, 0.3) is 0 Å². The Hall–Kier alpha value is -1.28. The summed E-state index contributed by atoms with van der Waals surface area (Å²) in [5.74, 6) is 1.87. The molecule has 104 valence electrons. The number of nitrogens with zero attached hydrogens (tertiary/aromatic N) is 1. The van der Waals surface area contributed by atoms with Gasteiger partial charge in [-0.15, -0.1) is 0 Å². The summed E-state index contributed by atoms with van der Waals surface area (Å²) in [6.07, 6.45) is 8.77. The lowest BCUT2D eigenvalue weighted by atomic mass is 9.53. The highest BCUT2D eigenvalue weighted by molar-refractivity contribution is 5.58. The summed E-state index contributed by atoms with van der Waals surface area (Å²) in [6, 6.07) is 5.28. The molecule has 2 aliphatic heterocycles. The molecule has 1 fully saturated rings. The molecule has 2 nitrogen and oxygen atoms in total. The third-order valence-corrected chi connectivity index (χ3v) is 6.32. The molecule has 2 heterocycles. The Morgan fingerprint density at radius 3 is 3.15 bits per heavy atom. The Kier molecular flexibility index (Phi) is 1.98. The topological polar surface area (TPSA) is 12.5 Å². The number of hydrogen-bond acceptors (Lipinski definition) is 2. The summed E-state index contributed by atoms with van der Waals surface area (Å²) < 4.78 is 6.47. The summed E-state index contributed by atoms with van der Waals surface area (Å²) in [6.45, 7) is 3.41. The van der Waals surface area contributed by atoms with Crippen LogP contribution in [-0.2, 0) is 11.8 Å². The molecule has 0 aromatic heterocycles. The second-order valence-corrected chi connectivity index (χ2v) is 7.08. The fraction of sp³-hybridized carbons (Fsp3) is 0.556. The number of likely N-dealkylation sites (N-methyl/N-ethyl adjacent to an activating group) is 1. The van der Waals surface area contributed by atoms with E-state index in [2.05, 4.69) is 43.2 Å². The van der Waals surface area contributed by atoms with Crippen LogP contribution in [-0.4, -0.2) is 30.6 Å². The van der Waals surface area contributed by atoms with Crippen LogP contribution in [0, 0.1) is 12.8 Å².